The van der Waals surface area contributed by atoms with Crippen LogP contribution in [0.2, 0.25) is 0 Å². The Bertz CT molecular complexity index is 1150. The van der Waals surface area contributed by atoms with Crippen LogP contribution in [0.4, 0.5) is 0 Å². The van der Waals surface area contributed by atoms with Gasteiger partial charge in [0.1, 0.15) is 5.75 Å². The van der Waals surface area contributed by atoms with Gasteiger partial charge < -0.3 is 5.11 Å². The Morgan fingerprint density at radius 2 is 1.43 bits per heavy atom. The Hall–Kier alpha value is -3.39. The highest BCUT2D eigenvalue weighted by Gasteiger charge is 2.46. The van der Waals surface area contributed by atoms with E-state index in [0.29, 0.717) is 0 Å². The van der Waals surface area contributed by atoms with Gasteiger partial charge in [-0.15, -0.1) is 0 Å². The highest BCUT2D eigenvalue weighted by atomic mass is 16.3. The summed E-state index contributed by atoms with van der Waals surface area (Å²) in [5.74, 6) is 0.287. The first kappa shape index (κ1) is 16.8. The van der Waals surface area contributed by atoms with Crippen LogP contribution in [0.15, 0.2) is 91.3 Å². The summed E-state index contributed by atoms with van der Waals surface area (Å²) in [6.45, 7) is 2.17. The van der Waals surface area contributed by atoms with E-state index >= 15 is 0 Å². The fourth-order valence-electron chi connectivity index (χ4n) is 4.65. The molecule has 1 heterocycles. The van der Waals surface area contributed by atoms with Gasteiger partial charge in [-0.2, -0.15) is 0 Å². The summed E-state index contributed by atoms with van der Waals surface area (Å²) in [6.07, 6.45) is 4.71. The second-order valence-corrected chi connectivity index (χ2v) is 7.31. The summed E-state index contributed by atoms with van der Waals surface area (Å²) >= 11 is 0. The predicted octanol–water partition coefficient (Wildman–Crippen LogP) is 5.71. The third-order valence-corrected chi connectivity index (χ3v) is 5.94. The van der Waals surface area contributed by atoms with Gasteiger partial charge in [0.2, 0.25) is 0 Å². The van der Waals surface area contributed by atoms with E-state index in [1.165, 1.54) is 27.8 Å². The van der Waals surface area contributed by atoms with E-state index in [-0.39, 0.29) is 5.75 Å². The lowest BCUT2D eigenvalue weighted by molar-refractivity contribution is 0.474. The normalized spacial score (nSPS) is 17.2. The summed E-state index contributed by atoms with van der Waals surface area (Å²) in [6, 6.07) is 27.4. The number of benzene rings is 3. The van der Waals surface area contributed by atoms with E-state index in [2.05, 4.69) is 72.6 Å². The largest absolute Gasteiger partial charge is 0.508 e. The van der Waals surface area contributed by atoms with Crippen molar-refractivity contribution in [3.05, 3.63) is 119 Å². The van der Waals surface area contributed by atoms with Crippen LogP contribution in [0.5, 0.6) is 5.75 Å². The van der Waals surface area contributed by atoms with Gasteiger partial charge in [0.25, 0.3) is 0 Å². The van der Waals surface area contributed by atoms with Crippen molar-refractivity contribution >= 4 is 0 Å². The Kier molecular flexibility index (Phi) is 3.80. The molecule has 0 saturated heterocycles. The first-order valence-electron chi connectivity index (χ1n) is 9.68. The average Bonchev–Trinajstić information content (AvgIpc) is 3.05. The number of aromatic hydroxyl groups is 1. The highest BCUT2D eigenvalue weighted by molar-refractivity contribution is 5.86. The summed E-state index contributed by atoms with van der Waals surface area (Å²) in [5.41, 5.74) is 7.95. The molecule has 5 rings (SSSR count). The molecule has 0 spiro atoms. The molecule has 2 nitrogen and oxygen atoms in total. The molecule has 1 unspecified atom stereocenters. The lowest BCUT2D eigenvalue weighted by Gasteiger charge is -2.33. The number of pyridine rings is 1. The van der Waals surface area contributed by atoms with E-state index in [1.807, 2.05) is 24.5 Å². The third-order valence-electron chi connectivity index (χ3n) is 5.94. The maximum absolute atomic E-state index is 10.4. The molecule has 28 heavy (non-hydrogen) atoms. The molecule has 1 aliphatic rings. The lowest BCUT2D eigenvalue weighted by Crippen LogP contribution is -2.28. The zero-order chi connectivity index (χ0) is 19.1. The molecule has 0 amide bonds. The van der Waals surface area contributed by atoms with Crippen molar-refractivity contribution in [2.45, 2.75) is 18.8 Å². The van der Waals surface area contributed by atoms with Gasteiger partial charge in [0.15, 0.2) is 0 Å². The molecular weight excluding hydrogens is 342 g/mol. The van der Waals surface area contributed by atoms with Crippen LogP contribution >= 0.6 is 0 Å². The topological polar surface area (TPSA) is 33.1 Å². The minimum absolute atomic E-state index is 0.287. The Labute approximate surface area is 165 Å². The molecule has 0 aliphatic heterocycles. The van der Waals surface area contributed by atoms with Crippen molar-refractivity contribution < 1.29 is 5.11 Å². The van der Waals surface area contributed by atoms with Crippen molar-refractivity contribution in [2.24, 2.45) is 0 Å². The van der Waals surface area contributed by atoms with Crippen LogP contribution < -0.4 is 0 Å². The van der Waals surface area contributed by atoms with Crippen LogP contribution in [0.1, 0.15) is 34.7 Å². The van der Waals surface area contributed by atoms with E-state index in [9.17, 15) is 5.11 Å². The quantitative estimate of drug-likeness (QED) is 0.445. The SMILES string of the molecule is CCc1ccc(C2(c3ccncc3)c3ccccc3-c3ccc(O)cc32)cc1. The number of phenolic OH excluding ortho intramolecular Hbond substituents is 1. The second-order valence-electron chi connectivity index (χ2n) is 7.31. The molecule has 136 valence electrons. The molecule has 1 aliphatic carbocycles. The molecule has 1 aromatic heterocycles. The van der Waals surface area contributed by atoms with Crippen LogP contribution in [-0.2, 0) is 11.8 Å². The molecule has 0 saturated carbocycles. The van der Waals surface area contributed by atoms with Gasteiger partial charge in [0, 0.05) is 12.4 Å². The maximum atomic E-state index is 10.4. The third kappa shape index (κ3) is 2.24. The van der Waals surface area contributed by atoms with Gasteiger partial charge in [-0.3, -0.25) is 4.98 Å². The van der Waals surface area contributed by atoms with Crippen molar-refractivity contribution in [1.29, 1.82) is 0 Å². The van der Waals surface area contributed by atoms with Crippen molar-refractivity contribution in [1.82, 2.24) is 4.98 Å². The molecule has 1 atom stereocenters. The smallest absolute Gasteiger partial charge is 0.115 e. The number of aryl methyl sites for hydroxylation is 1. The number of hydrogen-bond acceptors (Lipinski definition) is 2. The maximum Gasteiger partial charge on any atom is 0.115 e. The zero-order valence-electron chi connectivity index (χ0n) is 15.8. The fourth-order valence-corrected chi connectivity index (χ4v) is 4.65. The highest BCUT2D eigenvalue weighted by Crippen LogP contribution is 2.56. The Balaban J connectivity index is 1.93. The van der Waals surface area contributed by atoms with Crippen LogP contribution in [0, 0.1) is 0 Å². The van der Waals surface area contributed by atoms with Gasteiger partial charge in [-0.25, -0.2) is 0 Å². The summed E-state index contributed by atoms with van der Waals surface area (Å²) in [5, 5.41) is 10.4. The van der Waals surface area contributed by atoms with Gasteiger partial charge in [-0.1, -0.05) is 61.5 Å². The summed E-state index contributed by atoms with van der Waals surface area (Å²) < 4.78 is 0. The minimum Gasteiger partial charge on any atom is -0.508 e. The lowest BCUT2D eigenvalue weighted by atomic mass is 9.68. The standard InChI is InChI=1S/C26H21NO/c1-2-18-7-9-19(10-8-18)26(20-13-15-27-16-14-20)24-6-4-3-5-22(24)23-12-11-21(28)17-25(23)26/h3-17,28H,2H2,1H3. The Morgan fingerprint density at radius 1 is 0.750 bits per heavy atom. The van der Waals surface area contributed by atoms with E-state index in [4.69, 9.17) is 0 Å². The van der Waals surface area contributed by atoms with Gasteiger partial charge in [-0.05, 0) is 69.6 Å². The van der Waals surface area contributed by atoms with E-state index < -0.39 is 5.41 Å². The van der Waals surface area contributed by atoms with Crippen LogP contribution in [-0.4, -0.2) is 10.1 Å². The monoisotopic (exact) mass is 363 g/mol. The first-order chi connectivity index (χ1) is 13.7. The molecular formula is C26H21NO. The first-order valence-corrected chi connectivity index (χ1v) is 9.68. The summed E-state index contributed by atoms with van der Waals surface area (Å²) in [7, 11) is 0. The molecule has 4 aromatic rings. The molecule has 0 fully saturated rings. The number of rotatable bonds is 3. The molecule has 2 heteroatoms. The number of nitrogens with zero attached hydrogens (tertiary/aromatic N) is 1. The van der Waals surface area contributed by atoms with E-state index in [1.54, 1.807) is 6.07 Å². The van der Waals surface area contributed by atoms with Gasteiger partial charge >= 0.3 is 0 Å². The number of hydrogen-bond donors (Lipinski definition) is 1. The predicted molar refractivity (Wildman–Crippen MR) is 113 cm³/mol. The van der Waals surface area contributed by atoms with Crippen LogP contribution in [0.3, 0.4) is 0 Å². The van der Waals surface area contributed by atoms with Crippen LogP contribution in [0.25, 0.3) is 11.1 Å². The van der Waals surface area contributed by atoms with Crippen molar-refractivity contribution in [3.63, 3.8) is 0 Å². The zero-order valence-corrected chi connectivity index (χ0v) is 15.8. The Morgan fingerprint density at radius 3 is 2.18 bits per heavy atom. The van der Waals surface area contributed by atoms with E-state index in [0.717, 1.165) is 17.5 Å². The second kappa shape index (κ2) is 6.35. The molecule has 0 radical (unpaired) electrons. The number of fused-ring (bicyclic) bond motifs is 3. The number of aromatic nitrogens is 1. The molecule has 0 bridgehead atoms. The fraction of sp³-hybridized carbons (Fsp3) is 0.115. The number of phenols is 1. The van der Waals surface area contributed by atoms with Crippen molar-refractivity contribution in [3.8, 4) is 16.9 Å². The van der Waals surface area contributed by atoms with Crippen molar-refractivity contribution in [2.75, 3.05) is 0 Å². The average molecular weight is 363 g/mol. The molecule has 1 N–H and O–H groups in total. The minimum atomic E-state index is -0.472. The summed E-state index contributed by atoms with van der Waals surface area (Å²) in [4.78, 5) is 4.25. The van der Waals surface area contributed by atoms with Gasteiger partial charge in [0.05, 0.1) is 5.41 Å². The molecule has 3 aromatic carbocycles.